The van der Waals surface area contributed by atoms with Crippen molar-refractivity contribution in [3.63, 3.8) is 0 Å². The van der Waals surface area contributed by atoms with E-state index in [2.05, 4.69) is 16.7 Å². The van der Waals surface area contributed by atoms with Crippen LogP contribution in [0.4, 0.5) is 0 Å². The molecule has 0 amide bonds. The van der Waals surface area contributed by atoms with E-state index in [1.54, 1.807) is 0 Å². The van der Waals surface area contributed by atoms with Crippen molar-refractivity contribution in [2.45, 2.75) is 45.1 Å². The maximum atomic E-state index is 12.0. The molecule has 2 N–H and O–H groups in total. The Balaban J connectivity index is 1.99. The fourth-order valence-electron chi connectivity index (χ4n) is 3.20. The first-order chi connectivity index (χ1) is 10.2. The lowest BCUT2D eigenvalue weighted by molar-refractivity contribution is -0.142. The molecular formula is C17H22N2O2. The molecule has 0 saturated heterocycles. The van der Waals surface area contributed by atoms with Crippen molar-refractivity contribution in [3.05, 3.63) is 41.2 Å². The zero-order valence-electron chi connectivity index (χ0n) is 12.5. The Morgan fingerprint density at radius 1 is 1.48 bits per heavy atom. The zero-order chi connectivity index (χ0) is 14.8. The number of hydrogen-bond donors (Lipinski definition) is 1. The van der Waals surface area contributed by atoms with Crippen molar-refractivity contribution in [1.82, 2.24) is 4.40 Å². The van der Waals surface area contributed by atoms with Gasteiger partial charge in [-0.05, 0) is 42.5 Å². The first kappa shape index (κ1) is 14.1. The van der Waals surface area contributed by atoms with Crippen LogP contribution in [-0.2, 0) is 28.8 Å². The van der Waals surface area contributed by atoms with Crippen LogP contribution in [-0.4, -0.2) is 23.0 Å². The molecule has 2 aromatic rings. The number of fused-ring (bicyclic) bond motifs is 3. The number of rotatable bonds is 4. The molecule has 21 heavy (non-hydrogen) atoms. The third-order valence-electron chi connectivity index (χ3n) is 4.18. The number of nitrogens with two attached hydrogens (primary N) is 1. The van der Waals surface area contributed by atoms with E-state index in [0.29, 0.717) is 13.0 Å². The molecule has 0 radical (unpaired) electrons. The molecule has 112 valence electrons. The molecule has 2 heterocycles. The fourth-order valence-corrected chi connectivity index (χ4v) is 3.20. The molecule has 4 nitrogen and oxygen atoms in total. The number of ether oxygens (including phenoxy) is 1. The van der Waals surface area contributed by atoms with Crippen molar-refractivity contribution < 1.29 is 9.53 Å². The van der Waals surface area contributed by atoms with Crippen molar-refractivity contribution in [2.75, 3.05) is 6.61 Å². The second kappa shape index (κ2) is 5.90. The third kappa shape index (κ3) is 2.68. The molecule has 0 aliphatic heterocycles. The van der Waals surface area contributed by atoms with Gasteiger partial charge in [-0.2, -0.15) is 0 Å². The summed E-state index contributed by atoms with van der Waals surface area (Å²) in [5, 5.41) is 0. The Hall–Kier alpha value is -1.81. The fraction of sp³-hybridized carbons (Fsp3) is 0.471. The summed E-state index contributed by atoms with van der Waals surface area (Å²) in [6.45, 7) is 2.50. The predicted molar refractivity (Wildman–Crippen MR) is 82.4 cm³/mol. The normalized spacial score (nSPS) is 17.7. The van der Waals surface area contributed by atoms with Crippen LogP contribution in [0, 0.1) is 0 Å². The highest BCUT2D eigenvalue weighted by molar-refractivity contribution is 5.78. The number of nitrogens with zero attached hydrogens (tertiary/aromatic N) is 1. The lowest BCUT2D eigenvalue weighted by Crippen LogP contribution is -2.28. The average Bonchev–Trinajstić information content (AvgIpc) is 2.79. The Morgan fingerprint density at radius 3 is 3.14 bits per heavy atom. The van der Waals surface area contributed by atoms with Crippen molar-refractivity contribution in [2.24, 2.45) is 5.73 Å². The summed E-state index contributed by atoms with van der Waals surface area (Å²) in [6, 6.07) is 6.33. The van der Waals surface area contributed by atoms with Crippen LogP contribution in [0.1, 0.15) is 36.6 Å². The van der Waals surface area contributed by atoms with Gasteiger partial charge < -0.3 is 14.9 Å². The van der Waals surface area contributed by atoms with Crippen LogP contribution in [0.15, 0.2) is 24.4 Å². The quantitative estimate of drug-likeness (QED) is 0.877. The standard InChI is InChI=1S/C17H22N2O2/c1-2-9-21-17(20)11-14-13-7-6-12(18)10-16(13)19-8-4-3-5-15(14)19/h3-5,8,12H,2,6-7,9-11,18H2,1H3/t12-/m1/s1. The summed E-state index contributed by atoms with van der Waals surface area (Å²) in [6.07, 6.45) is 6.10. The third-order valence-corrected chi connectivity index (χ3v) is 4.18. The van der Waals surface area contributed by atoms with Crippen molar-refractivity contribution >= 4 is 11.5 Å². The van der Waals surface area contributed by atoms with Gasteiger partial charge in [0.1, 0.15) is 0 Å². The van der Waals surface area contributed by atoms with E-state index in [-0.39, 0.29) is 12.0 Å². The largest absolute Gasteiger partial charge is 0.465 e. The lowest BCUT2D eigenvalue weighted by Gasteiger charge is -2.19. The van der Waals surface area contributed by atoms with Crippen molar-refractivity contribution in [1.29, 1.82) is 0 Å². The monoisotopic (exact) mass is 286 g/mol. The smallest absolute Gasteiger partial charge is 0.310 e. The molecule has 0 fully saturated rings. The lowest BCUT2D eigenvalue weighted by atomic mass is 9.90. The summed E-state index contributed by atoms with van der Waals surface area (Å²) in [4.78, 5) is 12.0. The van der Waals surface area contributed by atoms with Crippen LogP contribution < -0.4 is 5.73 Å². The van der Waals surface area contributed by atoms with Crippen LogP contribution in [0.3, 0.4) is 0 Å². The van der Waals surface area contributed by atoms with Gasteiger partial charge in [0, 0.05) is 29.9 Å². The molecule has 0 spiro atoms. The summed E-state index contributed by atoms with van der Waals surface area (Å²) in [5.74, 6) is -0.133. The topological polar surface area (TPSA) is 56.7 Å². The highest BCUT2D eigenvalue weighted by atomic mass is 16.5. The van der Waals surface area contributed by atoms with E-state index in [4.69, 9.17) is 10.5 Å². The Labute approximate surface area is 124 Å². The number of hydrogen-bond acceptors (Lipinski definition) is 3. The van der Waals surface area contributed by atoms with E-state index in [9.17, 15) is 4.79 Å². The van der Waals surface area contributed by atoms with Gasteiger partial charge >= 0.3 is 5.97 Å². The van der Waals surface area contributed by atoms with Crippen molar-refractivity contribution in [3.8, 4) is 0 Å². The van der Waals surface area contributed by atoms with E-state index in [1.165, 1.54) is 11.3 Å². The van der Waals surface area contributed by atoms with Gasteiger partial charge in [0.05, 0.1) is 13.0 Å². The number of pyridine rings is 1. The Bertz CT molecular complexity index is 660. The van der Waals surface area contributed by atoms with Gasteiger partial charge in [-0.1, -0.05) is 13.0 Å². The van der Waals surface area contributed by atoms with E-state index in [0.717, 1.165) is 36.8 Å². The maximum Gasteiger partial charge on any atom is 0.310 e. The van der Waals surface area contributed by atoms with Gasteiger partial charge in [0.25, 0.3) is 0 Å². The minimum atomic E-state index is -0.133. The SMILES string of the molecule is CCCOC(=O)Cc1c2c(n3ccccc13)C[C@H](N)CC2. The average molecular weight is 286 g/mol. The predicted octanol–water partition coefficient (Wildman–Crippen LogP) is 2.25. The molecule has 0 unspecified atom stereocenters. The summed E-state index contributed by atoms with van der Waals surface area (Å²) >= 11 is 0. The summed E-state index contributed by atoms with van der Waals surface area (Å²) in [7, 11) is 0. The van der Waals surface area contributed by atoms with Gasteiger partial charge in [0.2, 0.25) is 0 Å². The van der Waals surface area contributed by atoms with Crippen LogP contribution in [0.5, 0.6) is 0 Å². The number of carbonyl (C=O) groups is 1. The summed E-state index contributed by atoms with van der Waals surface area (Å²) < 4.78 is 7.44. The minimum Gasteiger partial charge on any atom is -0.465 e. The Morgan fingerprint density at radius 2 is 2.33 bits per heavy atom. The number of esters is 1. The molecule has 1 aliphatic rings. The van der Waals surface area contributed by atoms with E-state index >= 15 is 0 Å². The van der Waals surface area contributed by atoms with Crippen LogP contribution in [0.25, 0.3) is 5.52 Å². The van der Waals surface area contributed by atoms with E-state index < -0.39 is 0 Å². The molecule has 0 saturated carbocycles. The molecule has 3 rings (SSSR count). The maximum absolute atomic E-state index is 12.0. The summed E-state index contributed by atoms with van der Waals surface area (Å²) in [5.41, 5.74) is 10.9. The second-order valence-electron chi connectivity index (χ2n) is 5.76. The zero-order valence-corrected chi connectivity index (χ0v) is 12.5. The molecule has 0 aromatic carbocycles. The molecule has 0 bridgehead atoms. The van der Waals surface area contributed by atoms with Gasteiger partial charge in [-0.3, -0.25) is 4.79 Å². The van der Waals surface area contributed by atoms with Gasteiger partial charge in [-0.25, -0.2) is 0 Å². The molecule has 2 aromatic heterocycles. The first-order valence-electron chi connectivity index (χ1n) is 7.71. The second-order valence-corrected chi connectivity index (χ2v) is 5.76. The molecule has 1 atom stereocenters. The molecule has 4 heteroatoms. The highest BCUT2D eigenvalue weighted by Crippen LogP contribution is 2.30. The first-order valence-corrected chi connectivity index (χ1v) is 7.71. The van der Waals surface area contributed by atoms with Crippen LogP contribution >= 0.6 is 0 Å². The highest BCUT2D eigenvalue weighted by Gasteiger charge is 2.25. The Kier molecular flexibility index (Phi) is 3.97. The van der Waals surface area contributed by atoms with Crippen LogP contribution in [0.2, 0.25) is 0 Å². The van der Waals surface area contributed by atoms with Gasteiger partial charge in [-0.15, -0.1) is 0 Å². The van der Waals surface area contributed by atoms with Gasteiger partial charge in [0.15, 0.2) is 0 Å². The van der Waals surface area contributed by atoms with E-state index in [1.807, 2.05) is 19.1 Å². The molecular weight excluding hydrogens is 264 g/mol. The number of aromatic nitrogens is 1. The molecule has 1 aliphatic carbocycles. The number of carbonyl (C=O) groups excluding carboxylic acids is 1. The minimum absolute atomic E-state index is 0.133.